The van der Waals surface area contributed by atoms with Crippen LogP contribution in [0.5, 0.6) is 11.5 Å². The summed E-state index contributed by atoms with van der Waals surface area (Å²) in [4.78, 5) is 12.1. The normalized spacial score (nSPS) is 10.6. The van der Waals surface area contributed by atoms with Gasteiger partial charge in [-0.15, -0.1) is 0 Å². The zero-order chi connectivity index (χ0) is 22.7. The van der Waals surface area contributed by atoms with Crippen molar-refractivity contribution in [3.05, 3.63) is 96.3 Å². The molecule has 4 aromatic rings. The molecule has 2 N–H and O–H groups in total. The van der Waals surface area contributed by atoms with Crippen LogP contribution >= 0.6 is 0 Å². The van der Waals surface area contributed by atoms with Crippen LogP contribution in [0, 0.1) is 5.82 Å². The molecule has 160 valence electrons. The zero-order valence-electron chi connectivity index (χ0n) is 17.8. The molecule has 0 bridgehead atoms. The molecular formula is C27H22FNO3. The first kappa shape index (κ1) is 21.1. The quantitative estimate of drug-likeness (QED) is 0.414. The number of rotatable bonds is 6. The molecule has 0 aliphatic carbocycles. The first-order valence-electron chi connectivity index (χ1n) is 10.0. The number of halogens is 1. The van der Waals surface area contributed by atoms with Gasteiger partial charge < -0.3 is 15.2 Å². The number of ether oxygens (including phenoxy) is 2. The molecule has 0 aliphatic rings. The first-order chi connectivity index (χ1) is 15.5. The maximum absolute atomic E-state index is 15.2. The van der Waals surface area contributed by atoms with Gasteiger partial charge in [0.25, 0.3) is 0 Å². The van der Waals surface area contributed by atoms with Gasteiger partial charge >= 0.3 is 0 Å². The Labute approximate surface area is 186 Å². The van der Waals surface area contributed by atoms with Gasteiger partial charge in [-0.05, 0) is 52.1 Å². The van der Waals surface area contributed by atoms with E-state index in [1.54, 1.807) is 36.4 Å². The van der Waals surface area contributed by atoms with Crippen LogP contribution in [0.25, 0.3) is 33.4 Å². The Bertz CT molecular complexity index is 1290. The molecular weight excluding hydrogens is 405 g/mol. The second-order valence-corrected chi connectivity index (χ2v) is 7.22. The fourth-order valence-electron chi connectivity index (χ4n) is 3.81. The van der Waals surface area contributed by atoms with Gasteiger partial charge in [-0.1, -0.05) is 60.7 Å². The first-order valence-corrected chi connectivity index (χ1v) is 10.0. The molecule has 4 nitrogen and oxygen atoms in total. The van der Waals surface area contributed by atoms with Crippen LogP contribution in [-0.2, 0) is 0 Å². The molecule has 0 aromatic heterocycles. The highest BCUT2D eigenvalue weighted by atomic mass is 19.1. The van der Waals surface area contributed by atoms with Crippen LogP contribution in [0.2, 0.25) is 0 Å². The molecule has 0 aliphatic heterocycles. The number of hydrogen-bond donors (Lipinski definition) is 1. The van der Waals surface area contributed by atoms with E-state index in [9.17, 15) is 4.79 Å². The van der Waals surface area contributed by atoms with Crippen LogP contribution in [0.4, 0.5) is 4.39 Å². The van der Waals surface area contributed by atoms with Gasteiger partial charge in [-0.2, -0.15) is 0 Å². The van der Waals surface area contributed by atoms with Crippen molar-refractivity contribution in [2.24, 2.45) is 5.73 Å². The topological polar surface area (TPSA) is 61.5 Å². The average molecular weight is 427 g/mol. The summed E-state index contributed by atoms with van der Waals surface area (Å²) in [5, 5.41) is 0. The van der Waals surface area contributed by atoms with Gasteiger partial charge in [0.2, 0.25) is 5.91 Å². The molecule has 1 amide bonds. The summed E-state index contributed by atoms with van der Waals surface area (Å²) >= 11 is 0. The van der Waals surface area contributed by atoms with E-state index in [2.05, 4.69) is 0 Å². The van der Waals surface area contributed by atoms with E-state index in [1.807, 2.05) is 42.5 Å². The Morgan fingerprint density at radius 3 is 1.94 bits per heavy atom. The van der Waals surface area contributed by atoms with Crippen molar-refractivity contribution in [1.29, 1.82) is 0 Å². The number of carbonyl (C=O) groups is 1. The third-order valence-electron chi connectivity index (χ3n) is 5.37. The van der Waals surface area contributed by atoms with Gasteiger partial charge in [-0.25, -0.2) is 4.39 Å². The standard InChI is InChI=1S/C27H22FNO3/c1-31-25-15-22(18-12-13-19(24(28)14-18)17-8-4-3-5-9-17)23(16-26(25)32-2)20-10-6-7-11-21(20)27(29)30/h3-16H,1-2H3,(H2,29,30). The maximum Gasteiger partial charge on any atom is 0.249 e. The average Bonchev–Trinajstić information content (AvgIpc) is 2.83. The second-order valence-electron chi connectivity index (χ2n) is 7.22. The van der Waals surface area contributed by atoms with Crippen LogP contribution in [-0.4, -0.2) is 20.1 Å². The predicted octanol–water partition coefficient (Wildman–Crippen LogP) is 5.94. The second kappa shape index (κ2) is 8.94. The van der Waals surface area contributed by atoms with Crippen LogP contribution < -0.4 is 15.2 Å². The van der Waals surface area contributed by atoms with Gasteiger partial charge in [0.15, 0.2) is 11.5 Å². The molecule has 5 heteroatoms. The van der Waals surface area contributed by atoms with Crippen molar-refractivity contribution in [3.8, 4) is 44.9 Å². The number of nitrogens with two attached hydrogens (primary N) is 1. The van der Waals surface area contributed by atoms with Crippen LogP contribution in [0.1, 0.15) is 10.4 Å². The molecule has 4 aromatic carbocycles. The highest BCUT2D eigenvalue weighted by Crippen LogP contribution is 2.42. The predicted molar refractivity (Wildman–Crippen MR) is 124 cm³/mol. The Hall–Kier alpha value is -4.12. The van der Waals surface area contributed by atoms with Gasteiger partial charge in [0.05, 0.1) is 14.2 Å². The smallest absolute Gasteiger partial charge is 0.249 e. The van der Waals surface area contributed by atoms with Gasteiger partial charge in [0.1, 0.15) is 5.82 Å². The molecule has 0 fully saturated rings. The fourth-order valence-corrected chi connectivity index (χ4v) is 3.81. The van der Waals surface area contributed by atoms with Crippen LogP contribution in [0.15, 0.2) is 84.9 Å². The molecule has 0 radical (unpaired) electrons. The van der Waals surface area contributed by atoms with Crippen molar-refractivity contribution in [2.45, 2.75) is 0 Å². The number of primary amides is 1. The maximum atomic E-state index is 15.2. The summed E-state index contributed by atoms with van der Waals surface area (Å²) in [5.41, 5.74) is 9.93. The Morgan fingerprint density at radius 2 is 1.31 bits per heavy atom. The Kier molecular flexibility index (Phi) is 5.90. The third-order valence-corrected chi connectivity index (χ3v) is 5.37. The number of benzene rings is 4. The van der Waals surface area contributed by atoms with Crippen molar-refractivity contribution in [1.82, 2.24) is 0 Å². The van der Waals surface area contributed by atoms with Crippen molar-refractivity contribution in [2.75, 3.05) is 14.2 Å². The Morgan fingerprint density at radius 1 is 0.688 bits per heavy atom. The number of hydrogen-bond acceptors (Lipinski definition) is 3. The van der Waals surface area contributed by atoms with Crippen LogP contribution in [0.3, 0.4) is 0 Å². The SMILES string of the molecule is COc1cc(-c2ccc(-c3ccccc3)c(F)c2)c(-c2ccccc2C(N)=O)cc1OC. The highest BCUT2D eigenvalue weighted by Gasteiger charge is 2.19. The fraction of sp³-hybridized carbons (Fsp3) is 0.0741. The zero-order valence-corrected chi connectivity index (χ0v) is 17.8. The molecule has 0 unspecified atom stereocenters. The summed E-state index contributed by atoms with van der Waals surface area (Å²) in [5.74, 6) is 0.0896. The van der Waals surface area contributed by atoms with Crippen molar-refractivity contribution in [3.63, 3.8) is 0 Å². The van der Waals surface area contributed by atoms with E-state index >= 15 is 4.39 Å². The van der Waals surface area contributed by atoms with E-state index in [0.717, 1.165) is 5.56 Å². The molecule has 0 saturated heterocycles. The molecule has 0 heterocycles. The lowest BCUT2D eigenvalue weighted by atomic mass is 9.90. The molecule has 0 atom stereocenters. The lowest BCUT2D eigenvalue weighted by Crippen LogP contribution is -2.12. The lowest BCUT2D eigenvalue weighted by Gasteiger charge is -2.17. The minimum Gasteiger partial charge on any atom is -0.493 e. The molecule has 4 rings (SSSR count). The summed E-state index contributed by atoms with van der Waals surface area (Å²) in [6.07, 6.45) is 0. The summed E-state index contributed by atoms with van der Waals surface area (Å²) in [6, 6.07) is 25.0. The van der Waals surface area contributed by atoms with Crippen molar-refractivity contribution >= 4 is 5.91 Å². The van der Waals surface area contributed by atoms with Crippen molar-refractivity contribution < 1.29 is 18.7 Å². The van der Waals surface area contributed by atoms with E-state index in [0.29, 0.717) is 44.9 Å². The highest BCUT2D eigenvalue weighted by molar-refractivity contribution is 6.02. The summed E-state index contributed by atoms with van der Waals surface area (Å²) < 4.78 is 26.1. The minimum absolute atomic E-state index is 0.349. The number of amides is 1. The molecule has 0 saturated carbocycles. The molecule has 0 spiro atoms. The van der Waals surface area contributed by atoms with Gasteiger partial charge in [0, 0.05) is 11.1 Å². The number of carbonyl (C=O) groups excluding carboxylic acids is 1. The van der Waals surface area contributed by atoms with E-state index < -0.39 is 5.91 Å². The minimum atomic E-state index is -0.549. The monoisotopic (exact) mass is 427 g/mol. The largest absolute Gasteiger partial charge is 0.493 e. The van der Waals surface area contributed by atoms with E-state index in [1.165, 1.54) is 20.3 Å². The van der Waals surface area contributed by atoms with E-state index in [-0.39, 0.29) is 5.82 Å². The summed E-state index contributed by atoms with van der Waals surface area (Å²) in [6.45, 7) is 0. The summed E-state index contributed by atoms with van der Waals surface area (Å²) in [7, 11) is 3.08. The molecule has 32 heavy (non-hydrogen) atoms. The number of methoxy groups -OCH3 is 2. The van der Waals surface area contributed by atoms with Gasteiger partial charge in [-0.3, -0.25) is 4.79 Å². The van der Waals surface area contributed by atoms with E-state index in [4.69, 9.17) is 15.2 Å². The Balaban J connectivity index is 1.95. The third kappa shape index (κ3) is 3.93. The lowest BCUT2D eigenvalue weighted by molar-refractivity contribution is 0.100.